The second kappa shape index (κ2) is 25.2. The summed E-state index contributed by atoms with van der Waals surface area (Å²) in [5, 5.41) is 12.7. The second-order valence-electron chi connectivity index (χ2n) is 15.5. The number of unbranched alkanes of at least 4 members (excludes halogenated alkanes) is 10. The van der Waals surface area contributed by atoms with Crippen LogP contribution in [0.4, 0.5) is 0 Å². The molecule has 2 amide bonds. The van der Waals surface area contributed by atoms with Crippen molar-refractivity contribution in [2.45, 2.75) is 136 Å². The molecule has 0 radical (unpaired) electrons. The third-order valence-corrected chi connectivity index (χ3v) is 10.8. The maximum absolute atomic E-state index is 14.4. The summed E-state index contributed by atoms with van der Waals surface area (Å²) in [5.41, 5.74) is 13.8. The number of nitrogens with one attached hydrogen (secondary N) is 1. The minimum Gasteiger partial charge on any atom is -0.492 e. The van der Waals surface area contributed by atoms with Gasteiger partial charge >= 0.3 is 5.97 Å². The second-order valence-corrected chi connectivity index (χ2v) is 15.5. The van der Waals surface area contributed by atoms with Gasteiger partial charge in [0.05, 0.1) is 0 Å². The van der Waals surface area contributed by atoms with E-state index >= 15 is 0 Å². The molecule has 4 bridgehead atoms. The smallest absolute Gasteiger partial charge is 0.326 e. The first-order valence-electron chi connectivity index (χ1n) is 21.2. The van der Waals surface area contributed by atoms with Gasteiger partial charge in [0.25, 0.3) is 0 Å². The Morgan fingerprint density at radius 2 is 1.39 bits per heavy atom. The van der Waals surface area contributed by atoms with Gasteiger partial charge in [0, 0.05) is 68.8 Å². The molecule has 57 heavy (non-hydrogen) atoms. The van der Waals surface area contributed by atoms with Crippen molar-refractivity contribution in [2.24, 2.45) is 23.3 Å². The number of hydrogen-bond acceptors (Lipinski definition) is 9. The molecule has 0 spiro atoms. The van der Waals surface area contributed by atoms with Crippen LogP contribution in [0.2, 0.25) is 0 Å². The molecule has 0 unspecified atom stereocenters. The summed E-state index contributed by atoms with van der Waals surface area (Å²) in [5.74, 6) is -3.16. The van der Waals surface area contributed by atoms with Crippen molar-refractivity contribution in [1.29, 1.82) is 0 Å². The number of amides is 2. The summed E-state index contributed by atoms with van der Waals surface area (Å²) >= 11 is 0. The summed E-state index contributed by atoms with van der Waals surface area (Å²) < 4.78 is 12.1. The van der Waals surface area contributed by atoms with Gasteiger partial charge < -0.3 is 36.3 Å². The van der Waals surface area contributed by atoms with E-state index in [1.807, 2.05) is 6.92 Å². The highest BCUT2D eigenvalue weighted by atomic mass is 16.5. The van der Waals surface area contributed by atoms with E-state index < -0.39 is 41.6 Å². The molecule has 0 aromatic heterocycles. The van der Waals surface area contributed by atoms with Gasteiger partial charge in [-0.2, -0.15) is 0 Å². The fraction of sp³-hybridized carbons (Fsp3) is 0.622. The molecule has 0 fully saturated rings. The SMILES string of the molecule is CCCCCCCCCCCCCC(=O)C[C@@H](CC)C(=O)N(C)[C@@H]1C(=O)C[C@@H](C)C(=O)N[C@H](C(=O)O)Cc2ccc(OCCN)c(c2)-c2cc1ccc2OCCN. The van der Waals surface area contributed by atoms with Crippen molar-refractivity contribution in [3.05, 3.63) is 47.5 Å². The number of carboxylic acid groups (broad SMARTS) is 1. The molecule has 1 heterocycles. The number of ketones is 2. The zero-order valence-corrected chi connectivity index (χ0v) is 34.8. The van der Waals surface area contributed by atoms with Crippen LogP contribution >= 0.6 is 0 Å². The molecule has 6 N–H and O–H groups in total. The van der Waals surface area contributed by atoms with E-state index in [0.29, 0.717) is 46.6 Å². The Bertz CT molecular complexity index is 1610. The van der Waals surface area contributed by atoms with Crippen molar-refractivity contribution < 1.29 is 38.6 Å². The lowest BCUT2D eigenvalue weighted by Crippen LogP contribution is -2.45. The molecule has 12 nitrogen and oxygen atoms in total. The molecule has 12 heteroatoms. The van der Waals surface area contributed by atoms with Gasteiger partial charge in [-0.15, -0.1) is 0 Å². The Kier molecular flexibility index (Phi) is 20.8. The number of aliphatic carboxylic acids is 1. The average molecular weight is 793 g/mol. The fourth-order valence-corrected chi connectivity index (χ4v) is 7.50. The number of fused-ring (bicyclic) bond motifs is 5. The minimum absolute atomic E-state index is 0.0269. The van der Waals surface area contributed by atoms with Crippen LogP contribution in [0, 0.1) is 11.8 Å². The first-order valence-corrected chi connectivity index (χ1v) is 21.2. The van der Waals surface area contributed by atoms with Gasteiger partial charge in [-0.1, -0.05) is 97.1 Å². The highest BCUT2D eigenvalue weighted by Gasteiger charge is 2.35. The number of carbonyl (C=O) groups is 5. The van der Waals surface area contributed by atoms with Crippen LogP contribution in [-0.4, -0.2) is 78.7 Å². The Balaban J connectivity index is 1.92. The van der Waals surface area contributed by atoms with Gasteiger partial charge in [-0.3, -0.25) is 19.2 Å². The molecule has 4 atom stereocenters. The molecular formula is C45H68N4O8. The maximum atomic E-state index is 14.4. The number of ether oxygens (including phenoxy) is 2. The predicted octanol–water partition coefficient (Wildman–Crippen LogP) is 6.94. The molecule has 2 aromatic rings. The van der Waals surface area contributed by atoms with Gasteiger partial charge in [-0.05, 0) is 48.2 Å². The van der Waals surface area contributed by atoms with Gasteiger partial charge in [0.2, 0.25) is 11.8 Å². The summed E-state index contributed by atoms with van der Waals surface area (Å²) in [7, 11) is 1.56. The number of likely N-dealkylation sites (N-methyl/N-ethyl adjacent to an activating group) is 1. The summed E-state index contributed by atoms with van der Waals surface area (Å²) in [6.45, 7) is 6.54. The van der Waals surface area contributed by atoms with Crippen LogP contribution in [-0.2, 0) is 30.4 Å². The Labute approximate surface area is 339 Å². The van der Waals surface area contributed by atoms with Crippen molar-refractivity contribution in [3.8, 4) is 22.6 Å². The molecule has 3 rings (SSSR count). The average Bonchev–Trinajstić information content (AvgIpc) is 3.19. The van der Waals surface area contributed by atoms with Crippen molar-refractivity contribution in [2.75, 3.05) is 33.4 Å². The van der Waals surface area contributed by atoms with Gasteiger partial charge in [-0.25, -0.2) is 4.79 Å². The number of rotatable bonds is 24. The molecular weight excluding hydrogens is 725 g/mol. The van der Waals surface area contributed by atoms with Crippen LogP contribution in [0.3, 0.4) is 0 Å². The fourth-order valence-electron chi connectivity index (χ4n) is 7.50. The van der Waals surface area contributed by atoms with E-state index in [9.17, 15) is 29.1 Å². The van der Waals surface area contributed by atoms with Crippen LogP contribution < -0.4 is 26.3 Å². The Hall–Kier alpha value is -4.29. The minimum atomic E-state index is -1.27. The van der Waals surface area contributed by atoms with Gasteiger partial charge in [0.1, 0.15) is 42.6 Å². The first kappa shape index (κ1) is 47.1. The molecule has 2 aromatic carbocycles. The number of carbonyl (C=O) groups excluding carboxylic acids is 4. The highest BCUT2D eigenvalue weighted by Crippen LogP contribution is 2.41. The molecule has 1 aliphatic heterocycles. The normalized spacial score (nSPS) is 17.6. The standard InChI is InChI=1S/C45H68N4O8/c1-5-7-8-9-10-11-12-13-14-15-16-17-35(50)29-33(6-2)44(53)49(4)42-34-19-21-41(57-25-23-47)37(30-34)36-27-32(18-20-40(36)56-24-22-46)28-38(45(54)55)48-43(52)31(3)26-39(42)51/h18-21,27,30-31,33,38,42H,5-17,22-26,28-29,46-47H2,1-4H3,(H,48,52)(H,54,55)/t31-,33-,38+,42+/m1/s1. The maximum Gasteiger partial charge on any atom is 0.326 e. The third-order valence-electron chi connectivity index (χ3n) is 10.8. The lowest BCUT2D eigenvalue weighted by molar-refractivity contribution is -0.144. The van der Waals surface area contributed by atoms with Gasteiger partial charge in [0.15, 0.2) is 5.78 Å². The largest absolute Gasteiger partial charge is 0.492 e. The molecule has 0 saturated heterocycles. The van der Waals surface area contributed by atoms with E-state index in [4.69, 9.17) is 20.9 Å². The van der Waals surface area contributed by atoms with Crippen LogP contribution in [0.5, 0.6) is 11.5 Å². The first-order chi connectivity index (χ1) is 27.4. The number of carboxylic acids is 1. The lowest BCUT2D eigenvalue weighted by atomic mass is 9.88. The van der Waals surface area contributed by atoms with Crippen LogP contribution in [0.25, 0.3) is 11.1 Å². The quantitative estimate of drug-likeness (QED) is 0.0811. The Morgan fingerprint density at radius 1 is 0.825 bits per heavy atom. The zero-order chi connectivity index (χ0) is 41.7. The van der Waals surface area contributed by atoms with E-state index in [0.717, 1.165) is 19.3 Å². The van der Waals surface area contributed by atoms with E-state index in [-0.39, 0.29) is 57.3 Å². The van der Waals surface area contributed by atoms with Crippen molar-refractivity contribution in [3.63, 3.8) is 0 Å². The van der Waals surface area contributed by atoms with E-state index in [1.54, 1.807) is 50.4 Å². The lowest BCUT2D eigenvalue weighted by Gasteiger charge is -2.32. The van der Waals surface area contributed by atoms with Crippen LogP contribution in [0.15, 0.2) is 36.4 Å². The summed E-state index contributed by atoms with van der Waals surface area (Å²) in [6.07, 6.45) is 13.7. The predicted molar refractivity (Wildman–Crippen MR) is 223 cm³/mol. The molecule has 316 valence electrons. The molecule has 0 saturated carbocycles. The zero-order valence-electron chi connectivity index (χ0n) is 34.8. The summed E-state index contributed by atoms with van der Waals surface area (Å²) in [6, 6.07) is 8.05. The summed E-state index contributed by atoms with van der Waals surface area (Å²) in [4.78, 5) is 69.0. The highest BCUT2D eigenvalue weighted by molar-refractivity contribution is 5.95. The van der Waals surface area contributed by atoms with Crippen LogP contribution in [0.1, 0.15) is 134 Å². The van der Waals surface area contributed by atoms with Crippen molar-refractivity contribution >= 4 is 29.4 Å². The number of hydrogen-bond donors (Lipinski definition) is 4. The monoisotopic (exact) mass is 793 g/mol. The Morgan fingerprint density at radius 3 is 1.95 bits per heavy atom. The third kappa shape index (κ3) is 14.9. The number of nitrogens with two attached hydrogens (primary N) is 2. The molecule has 1 aliphatic rings. The number of benzene rings is 2. The molecule has 0 aliphatic carbocycles. The van der Waals surface area contributed by atoms with E-state index in [2.05, 4.69) is 12.2 Å². The topological polar surface area (TPSA) is 191 Å². The number of Topliss-reactive ketones (excluding diaryl/α,β-unsaturated/α-hetero) is 2. The van der Waals surface area contributed by atoms with Crippen molar-refractivity contribution in [1.82, 2.24) is 10.2 Å². The van der Waals surface area contributed by atoms with E-state index in [1.165, 1.54) is 56.3 Å². The number of nitrogens with zero attached hydrogens (tertiary/aromatic N) is 1.